The van der Waals surface area contributed by atoms with Crippen molar-refractivity contribution < 1.29 is 33.6 Å². The number of aldehydes is 1. The highest BCUT2D eigenvalue weighted by Crippen LogP contribution is 2.02. The summed E-state index contributed by atoms with van der Waals surface area (Å²) in [6.07, 6.45) is -7.70. The Hall–Kier alpha value is -0.800. The smallest absolute Gasteiger partial charge is 0.212 e. The van der Waals surface area contributed by atoms with Crippen molar-refractivity contribution in [3.8, 4) is 0 Å². The van der Waals surface area contributed by atoms with Crippen LogP contribution in [-0.2, 0) is 15.1 Å². The van der Waals surface area contributed by atoms with Crippen LogP contribution in [0.15, 0.2) is 0 Å². The molecule has 0 aliphatic carbocycles. The predicted molar refractivity (Wildman–Crippen MR) is 45.1 cm³/mol. The van der Waals surface area contributed by atoms with Crippen LogP contribution in [0.5, 0.6) is 0 Å². The molecule has 0 radical (unpaired) electrons. The van der Waals surface area contributed by atoms with Crippen molar-refractivity contribution in [2.75, 3.05) is 0 Å². The van der Waals surface area contributed by atoms with Crippen LogP contribution in [0.1, 0.15) is 0 Å². The van der Waals surface area contributed by atoms with Crippen molar-refractivity contribution in [3.63, 3.8) is 0 Å². The highest BCUT2D eigenvalue weighted by Gasteiger charge is 2.29. The number of carbonyl (C=O) groups excluding carboxylic acids is 1. The van der Waals surface area contributed by atoms with Crippen LogP contribution < -0.4 is 0 Å². The zero-order valence-electron chi connectivity index (χ0n) is 6.89. The third-order valence-corrected chi connectivity index (χ3v) is 1.94. The van der Waals surface area contributed by atoms with Gasteiger partial charge in [0.1, 0.15) is 24.4 Å². The molecular formula is C6H10O7S. The summed E-state index contributed by atoms with van der Waals surface area (Å²) in [5.74, 6) is 0. The van der Waals surface area contributed by atoms with Crippen LogP contribution in [0.3, 0.4) is 0 Å². The molecule has 0 bridgehead atoms. The van der Waals surface area contributed by atoms with E-state index in [1.54, 1.807) is 0 Å². The molecule has 0 saturated carbocycles. The van der Waals surface area contributed by atoms with Crippen molar-refractivity contribution in [1.82, 2.24) is 0 Å². The van der Waals surface area contributed by atoms with Gasteiger partial charge in [0.15, 0.2) is 6.29 Å². The van der Waals surface area contributed by atoms with Crippen molar-refractivity contribution in [1.29, 1.82) is 0 Å². The van der Waals surface area contributed by atoms with Crippen LogP contribution in [0.4, 0.5) is 0 Å². The van der Waals surface area contributed by atoms with Crippen LogP contribution in [0.25, 0.3) is 0 Å². The summed E-state index contributed by atoms with van der Waals surface area (Å²) in [5, 5.41) is 35.9. The molecule has 0 spiro atoms. The minimum Gasteiger partial charge on any atom is -0.387 e. The zero-order valence-corrected chi connectivity index (χ0v) is 7.70. The van der Waals surface area contributed by atoms with Crippen molar-refractivity contribution in [2.45, 2.75) is 24.4 Å². The summed E-state index contributed by atoms with van der Waals surface area (Å²) >= 11 is 0. The van der Waals surface area contributed by atoms with E-state index < -0.39 is 34.7 Å². The molecule has 0 fully saturated rings. The molecule has 82 valence electrons. The topological polar surface area (TPSA) is 132 Å². The Morgan fingerprint density at radius 3 is 1.71 bits per heavy atom. The van der Waals surface area contributed by atoms with Crippen LogP contribution in [0, 0.1) is 0 Å². The lowest BCUT2D eigenvalue weighted by molar-refractivity contribution is -0.129. The monoisotopic (exact) mass is 226 g/mol. The fraction of sp³-hybridized carbons (Fsp3) is 0.667. The SMILES string of the molecule is O=C[C@H](O)[C@@H](O)[C@H](O)[C@H](O)C=S(=O)=O. The molecule has 4 N–H and O–H groups in total. The number of aliphatic hydroxyl groups is 4. The summed E-state index contributed by atoms with van der Waals surface area (Å²) < 4.78 is 20.1. The zero-order chi connectivity index (χ0) is 11.3. The molecule has 0 unspecified atom stereocenters. The van der Waals surface area contributed by atoms with E-state index in [1.807, 2.05) is 0 Å². The van der Waals surface area contributed by atoms with E-state index in [0.29, 0.717) is 5.37 Å². The lowest BCUT2D eigenvalue weighted by Gasteiger charge is -2.21. The van der Waals surface area contributed by atoms with Crippen LogP contribution >= 0.6 is 0 Å². The maximum absolute atomic E-state index is 10.0. The van der Waals surface area contributed by atoms with E-state index in [0.717, 1.165) is 0 Å². The summed E-state index contributed by atoms with van der Waals surface area (Å²) in [6.45, 7) is 0. The van der Waals surface area contributed by atoms with Gasteiger partial charge < -0.3 is 25.2 Å². The van der Waals surface area contributed by atoms with Crippen LogP contribution in [-0.4, -0.2) is 64.9 Å². The molecule has 0 aromatic rings. The second kappa shape index (κ2) is 5.83. The molecule has 14 heavy (non-hydrogen) atoms. The summed E-state index contributed by atoms with van der Waals surface area (Å²) in [4.78, 5) is 9.96. The first-order valence-electron chi connectivity index (χ1n) is 3.50. The number of rotatable bonds is 5. The lowest BCUT2D eigenvalue weighted by atomic mass is 10.1. The average Bonchev–Trinajstić information content (AvgIpc) is 2.13. The first-order valence-corrected chi connectivity index (χ1v) is 4.64. The van der Waals surface area contributed by atoms with Gasteiger partial charge in [0, 0.05) is 0 Å². The number of aliphatic hydroxyl groups excluding tert-OH is 4. The number of hydrogen-bond donors (Lipinski definition) is 4. The van der Waals surface area contributed by atoms with Gasteiger partial charge in [-0.2, -0.15) is 8.42 Å². The Morgan fingerprint density at radius 1 is 0.929 bits per heavy atom. The molecule has 0 saturated heterocycles. The van der Waals surface area contributed by atoms with E-state index in [2.05, 4.69) is 0 Å². The van der Waals surface area contributed by atoms with Gasteiger partial charge in [0.25, 0.3) is 0 Å². The highest BCUT2D eigenvalue weighted by molar-refractivity contribution is 7.71. The van der Waals surface area contributed by atoms with E-state index in [9.17, 15) is 13.2 Å². The summed E-state index contributed by atoms with van der Waals surface area (Å²) in [5.41, 5.74) is 0. The average molecular weight is 226 g/mol. The minimum atomic E-state index is -2.71. The fourth-order valence-corrected chi connectivity index (χ4v) is 1.07. The predicted octanol–water partition coefficient (Wildman–Crippen LogP) is -3.69. The normalized spacial score (nSPS) is 19.1. The first-order chi connectivity index (χ1) is 6.40. The molecule has 7 nitrogen and oxygen atoms in total. The van der Waals surface area contributed by atoms with Crippen molar-refractivity contribution in [2.24, 2.45) is 0 Å². The largest absolute Gasteiger partial charge is 0.387 e. The molecule has 0 amide bonds. The number of hydrogen-bond acceptors (Lipinski definition) is 7. The Kier molecular flexibility index (Phi) is 5.50. The summed E-state index contributed by atoms with van der Waals surface area (Å²) in [6, 6.07) is 0. The third-order valence-electron chi connectivity index (χ3n) is 1.44. The Morgan fingerprint density at radius 2 is 1.36 bits per heavy atom. The first kappa shape index (κ1) is 13.2. The second-order valence-electron chi connectivity index (χ2n) is 2.50. The van der Waals surface area contributed by atoms with Gasteiger partial charge in [-0.1, -0.05) is 0 Å². The summed E-state index contributed by atoms with van der Waals surface area (Å²) in [7, 11) is -2.71. The highest BCUT2D eigenvalue weighted by atomic mass is 32.2. The molecule has 0 aliphatic rings. The standard InChI is InChI=1S/C6H10O7S/c7-1-3(8)5(10)6(11)4(9)2-14(12)13/h1-6,8-11H/t3-,4+,5+,6+/m0/s1. The lowest BCUT2D eigenvalue weighted by Crippen LogP contribution is -2.45. The maximum atomic E-state index is 10.0. The van der Waals surface area contributed by atoms with Gasteiger partial charge >= 0.3 is 0 Å². The Labute approximate surface area is 80.8 Å². The van der Waals surface area contributed by atoms with Gasteiger partial charge in [-0.25, -0.2) is 0 Å². The van der Waals surface area contributed by atoms with Crippen molar-refractivity contribution >= 4 is 21.9 Å². The number of carbonyl (C=O) groups is 1. The third kappa shape index (κ3) is 3.94. The van der Waals surface area contributed by atoms with E-state index >= 15 is 0 Å². The molecule has 0 aliphatic heterocycles. The molecule has 0 rings (SSSR count). The van der Waals surface area contributed by atoms with Gasteiger partial charge in [0.2, 0.25) is 10.3 Å². The van der Waals surface area contributed by atoms with Gasteiger partial charge in [0.05, 0.1) is 5.37 Å². The maximum Gasteiger partial charge on any atom is 0.212 e. The van der Waals surface area contributed by atoms with Gasteiger partial charge in [-0.3, -0.25) is 0 Å². The Bertz CT molecular complexity index is 300. The van der Waals surface area contributed by atoms with Gasteiger partial charge in [-0.05, 0) is 0 Å². The molecule has 0 aromatic heterocycles. The van der Waals surface area contributed by atoms with E-state index in [1.165, 1.54) is 0 Å². The minimum absolute atomic E-state index is 0.0469. The molecule has 0 aromatic carbocycles. The van der Waals surface area contributed by atoms with Crippen molar-refractivity contribution in [3.05, 3.63) is 0 Å². The Balaban J connectivity index is 4.53. The van der Waals surface area contributed by atoms with Gasteiger partial charge in [-0.15, -0.1) is 0 Å². The van der Waals surface area contributed by atoms with E-state index in [4.69, 9.17) is 20.4 Å². The van der Waals surface area contributed by atoms with E-state index in [-0.39, 0.29) is 6.29 Å². The molecular weight excluding hydrogens is 216 g/mol. The fourth-order valence-electron chi connectivity index (χ4n) is 0.679. The molecule has 4 atom stereocenters. The van der Waals surface area contributed by atoms with Crippen LogP contribution in [0.2, 0.25) is 0 Å². The quantitative estimate of drug-likeness (QED) is 0.280. The second-order valence-corrected chi connectivity index (χ2v) is 3.29. The molecule has 0 heterocycles. The molecule has 8 heteroatoms.